The molecule has 1 aliphatic carbocycles. The minimum Gasteiger partial charge on any atom is -0.478 e. The zero-order chi connectivity index (χ0) is 12.6. The molecule has 0 aliphatic heterocycles. The molecule has 0 spiro atoms. The van der Waals surface area contributed by atoms with Crippen molar-refractivity contribution in [3.63, 3.8) is 0 Å². The quantitative estimate of drug-likeness (QED) is 0.890. The van der Waals surface area contributed by atoms with E-state index in [0.29, 0.717) is 5.69 Å². The first kappa shape index (κ1) is 11.9. The lowest BCUT2D eigenvalue weighted by atomic mass is 10.2. The summed E-state index contributed by atoms with van der Waals surface area (Å²) in [4.78, 5) is 10.9. The van der Waals surface area contributed by atoms with Gasteiger partial charge in [0, 0.05) is 18.7 Å². The van der Waals surface area contributed by atoms with Gasteiger partial charge in [-0.2, -0.15) is 18.3 Å². The zero-order valence-electron chi connectivity index (χ0n) is 8.87. The summed E-state index contributed by atoms with van der Waals surface area (Å²) < 4.78 is 37.1. The van der Waals surface area contributed by atoms with Crippen LogP contribution in [0.25, 0.3) is 0 Å². The smallest absolute Gasteiger partial charge is 0.390 e. The molecule has 0 unspecified atom stereocenters. The summed E-state index contributed by atoms with van der Waals surface area (Å²) in [6.45, 7) is -0.337. The highest BCUT2D eigenvalue weighted by Crippen LogP contribution is 2.40. The van der Waals surface area contributed by atoms with Crippen molar-refractivity contribution in [3.05, 3.63) is 17.5 Å². The molecule has 94 valence electrons. The second-order valence-corrected chi connectivity index (χ2v) is 4.14. The summed E-state index contributed by atoms with van der Waals surface area (Å²) >= 11 is 0. The maximum atomic E-state index is 12.0. The highest BCUT2D eigenvalue weighted by atomic mass is 19.4. The van der Waals surface area contributed by atoms with Gasteiger partial charge in [0.25, 0.3) is 0 Å². The van der Waals surface area contributed by atoms with Crippen LogP contribution >= 0.6 is 0 Å². The van der Waals surface area contributed by atoms with Gasteiger partial charge in [-0.05, 0) is 12.8 Å². The van der Waals surface area contributed by atoms with Crippen molar-refractivity contribution in [2.45, 2.75) is 37.9 Å². The molecule has 1 aliphatic rings. The van der Waals surface area contributed by atoms with Crippen LogP contribution in [0.4, 0.5) is 13.2 Å². The van der Waals surface area contributed by atoms with Crippen molar-refractivity contribution < 1.29 is 23.1 Å². The zero-order valence-corrected chi connectivity index (χ0v) is 8.87. The molecule has 1 heterocycles. The second-order valence-electron chi connectivity index (χ2n) is 4.14. The van der Waals surface area contributed by atoms with Crippen molar-refractivity contribution in [1.82, 2.24) is 9.78 Å². The van der Waals surface area contributed by atoms with Crippen LogP contribution in [0.3, 0.4) is 0 Å². The first-order valence-electron chi connectivity index (χ1n) is 5.24. The fourth-order valence-electron chi connectivity index (χ4n) is 1.62. The van der Waals surface area contributed by atoms with Gasteiger partial charge in [-0.25, -0.2) is 4.79 Å². The first-order valence-corrected chi connectivity index (χ1v) is 5.24. The number of carbonyl (C=O) groups is 1. The Morgan fingerprint density at radius 2 is 2.18 bits per heavy atom. The first-order chi connectivity index (χ1) is 7.87. The number of alkyl halides is 3. The molecule has 4 nitrogen and oxygen atoms in total. The molecule has 1 aromatic heterocycles. The summed E-state index contributed by atoms with van der Waals surface area (Å²) in [5.41, 5.74) is 0.439. The number of carboxylic acids is 1. The number of hydrogen-bond donors (Lipinski definition) is 1. The Morgan fingerprint density at radius 3 is 2.65 bits per heavy atom. The monoisotopic (exact) mass is 248 g/mol. The van der Waals surface area contributed by atoms with Crippen molar-refractivity contribution in [2.24, 2.45) is 0 Å². The fourth-order valence-corrected chi connectivity index (χ4v) is 1.62. The minimum absolute atomic E-state index is 0.0228. The lowest BCUT2D eigenvalue weighted by molar-refractivity contribution is -0.137. The van der Waals surface area contributed by atoms with Crippen LogP contribution in [0.5, 0.6) is 0 Å². The Morgan fingerprint density at radius 1 is 1.53 bits per heavy atom. The van der Waals surface area contributed by atoms with Crippen molar-refractivity contribution in [1.29, 1.82) is 0 Å². The van der Waals surface area contributed by atoms with Gasteiger partial charge in [-0.15, -0.1) is 0 Å². The van der Waals surface area contributed by atoms with Gasteiger partial charge in [0.2, 0.25) is 0 Å². The van der Waals surface area contributed by atoms with Crippen LogP contribution in [-0.2, 0) is 6.54 Å². The van der Waals surface area contributed by atoms with Gasteiger partial charge in [0.1, 0.15) is 5.56 Å². The van der Waals surface area contributed by atoms with Gasteiger partial charge in [-0.1, -0.05) is 0 Å². The molecule has 1 aromatic rings. The average Bonchev–Trinajstić information content (AvgIpc) is 2.94. The molecular weight excluding hydrogens is 237 g/mol. The molecule has 17 heavy (non-hydrogen) atoms. The molecule has 1 fully saturated rings. The number of aromatic carboxylic acids is 1. The SMILES string of the molecule is O=C(O)c1cn(CCC(F)(F)F)nc1C1CC1. The Kier molecular flexibility index (Phi) is 2.84. The van der Waals surface area contributed by atoms with E-state index in [4.69, 9.17) is 5.11 Å². The molecule has 2 rings (SSSR count). The molecule has 0 aromatic carbocycles. The van der Waals surface area contributed by atoms with Crippen LogP contribution in [0.2, 0.25) is 0 Å². The Hall–Kier alpha value is -1.53. The van der Waals surface area contributed by atoms with Gasteiger partial charge >= 0.3 is 12.1 Å². The van der Waals surface area contributed by atoms with Crippen LogP contribution in [0, 0.1) is 0 Å². The van der Waals surface area contributed by atoms with E-state index in [-0.39, 0.29) is 18.0 Å². The van der Waals surface area contributed by atoms with E-state index < -0.39 is 18.6 Å². The molecular formula is C10H11F3N2O2. The van der Waals surface area contributed by atoms with Crippen LogP contribution in [0.1, 0.15) is 41.2 Å². The maximum absolute atomic E-state index is 12.0. The van der Waals surface area contributed by atoms with Crippen molar-refractivity contribution in [2.75, 3.05) is 0 Å². The molecule has 0 saturated heterocycles. The molecule has 1 N–H and O–H groups in total. The summed E-state index contributed by atoms with van der Waals surface area (Å²) in [6, 6.07) is 0. The van der Waals surface area contributed by atoms with Gasteiger partial charge < -0.3 is 5.11 Å². The van der Waals surface area contributed by atoms with E-state index in [1.54, 1.807) is 0 Å². The summed E-state index contributed by atoms with van der Waals surface area (Å²) in [6.07, 6.45) is -2.36. The van der Waals surface area contributed by atoms with E-state index in [2.05, 4.69) is 5.10 Å². The Bertz CT molecular complexity index is 435. The highest BCUT2D eigenvalue weighted by Gasteiger charge is 2.32. The minimum atomic E-state index is -4.25. The maximum Gasteiger partial charge on any atom is 0.390 e. The van der Waals surface area contributed by atoms with E-state index in [1.807, 2.05) is 0 Å². The lowest BCUT2D eigenvalue weighted by Gasteiger charge is -2.05. The topological polar surface area (TPSA) is 55.1 Å². The van der Waals surface area contributed by atoms with Crippen molar-refractivity contribution >= 4 is 5.97 Å². The van der Waals surface area contributed by atoms with E-state index >= 15 is 0 Å². The molecule has 0 atom stereocenters. The van der Waals surface area contributed by atoms with Gasteiger partial charge in [-0.3, -0.25) is 4.68 Å². The van der Waals surface area contributed by atoms with Crippen molar-refractivity contribution in [3.8, 4) is 0 Å². The summed E-state index contributed by atoms with van der Waals surface area (Å²) in [5, 5.41) is 12.8. The predicted molar refractivity (Wildman–Crippen MR) is 51.8 cm³/mol. The number of rotatable bonds is 4. The molecule has 7 heteroatoms. The molecule has 1 saturated carbocycles. The molecule has 0 amide bonds. The number of nitrogens with zero attached hydrogens (tertiary/aromatic N) is 2. The number of halogens is 3. The number of aryl methyl sites for hydroxylation is 1. The lowest BCUT2D eigenvalue weighted by Crippen LogP contribution is -2.12. The predicted octanol–water partition coefficient (Wildman–Crippen LogP) is 2.41. The van der Waals surface area contributed by atoms with E-state index in [1.165, 1.54) is 6.20 Å². The third kappa shape index (κ3) is 2.98. The highest BCUT2D eigenvalue weighted by molar-refractivity contribution is 5.89. The number of aromatic nitrogens is 2. The summed E-state index contributed by atoms with van der Waals surface area (Å²) in [7, 11) is 0. The van der Waals surface area contributed by atoms with Gasteiger partial charge in [0.05, 0.1) is 12.1 Å². The number of carboxylic acid groups (broad SMARTS) is 1. The van der Waals surface area contributed by atoms with E-state index in [9.17, 15) is 18.0 Å². The van der Waals surface area contributed by atoms with E-state index in [0.717, 1.165) is 17.5 Å². The largest absolute Gasteiger partial charge is 0.478 e. The van der Waals surface area contributed by atoms with Crippen LogP contribution in [0.15, 0.2) is 6.20 Å². The number of hydrogen-bond acceptors (Lipinski definition) is 2. The third-order valence-electron chi connectivity index (χ3n) is 2.61. The van der Waals surface area contributed by atoms with Crippen LogP contribution in [-0.4, -0.2) is 27.0 Å². The Labute approximate surface area is 95.0 Å². The molecule has 0 bridgehead atoms. The second kappa shape index (κ2) is 4.05. The fraction of sp³-hybridized carbons (Fsp3) is 0.600. The normalized spacial score (nSPS) is 16.2. The van der Waals surface area contributed by atoms with Gasteiger partial charge in [0.15, 0.2) is 0 Å². The Balaban J connectivity index is 2.13. The molecule has 0 radical (unpaired) electrons. The standard InChI is InChI=1S/C10H11F3N2O2/c11-10(12,13)3-4-15-5-7(9(16)17)8(14-15)6-1-2-6/h5-6H,1-4H2,(H,16,17). The third-order valence-corrected chi connectivity index (χ3v) is 2.61. The van der Waals surface area contributed by atoms with Crippen LogP contribution < -0.4 is 0 Å². The summed E-state index contributed by atoms with van der Waals surface area (Å²) in [5.74, 6) is -1.03. The average molecular weight is 248 g/mol.